The van der Waals surface area contributed by atoms with Gasteiger partial charge in [0.2, 0.25) is 10.0 Å². The minimum atomic E-state index is -3.89. The Kier molecular flexibility index (Phi) is 5.35. The lowest BCUT2D eigenvalue weighted by atomic mass is 9.85. The van der Waals surface area contributed by atoms with Gasteiger partial charge in [-0.1, -0.05) is 44.2 Å². The Morgan fingerprint density at radius 1 is 1.10 bits per heavy atom. The molecule has 0 aromatic heterocycles. The van der Waals surface area contributed by atoms with Crippen molar-refractivity contribution in [2.45, 2.75) is 55.4 Å². The SMILES string of the molecule is NCC1(NS(=O)(=O)c2ccccc2F)CCCCCCC1. The van der Waals surface area contributed by atoms with Crippen molar-refractivity contribution in [1.82, 2.24) is 4.72 Å². The lowest BCUT2D eigenvalue weighted by Gasteiger charge is -2.35. The smallest absolute Gasteiger partial charge is 0.244 e. The van der Waals surface area contributed by atoms with Crippen LogP contribution >= 0.6 is 0 Å². The quantitative estimate of drug-likeness (QED) is 0.897. The molecule has 1 aromatic carbocycles. The number of halogens is 1. The predicted octanol–water partition coefficient (Wildman–Crippen LogP) is 2.55. The molecule has 0 heterocycles. The second kappa shape index (κ2) is 6.85. The van der Waals surface area contributed by atoms with Crippen molar-refractivity contribution in [2.24, 2.45) is 5.73 Å². The minimum absolute atomic E-state index is 0.237. The van der Waals surface area contributed by atoms with E-state index in [0.29, 0.717) is 12.8 Å². The summed E-state index contributed by atoms with van der Waals surface area (Å²) in [6.45, 7) is 0.237. The molecule has 0 spiro atoms. The molecule has 0 unspecified atom stereocenters. The summed E-state index contributed by atoms with van der Waals surface area (Å²) in [5, 5.41) is 0. The maximum Gasteiger partial charge on any atom is 0.244 e. The molecule has 3 N–H and O–H groups in total. The Hall–Kier alpha value is -0.980. The largest absolute Gasteiger partial charge is 0.329 e. The van der Waals surface area contributed by atoms with Crippen LogP contribution in [0, 0.1) is 5.82 Å². The number of nitrogens with two attached hydrogens (primary N) is 1. The molecule has 0 saturated heterocycles. The molecule has 1 saturated carbocycles. The summed E-state index contributed by atoms with van der Waals surface area (Å²) in [5.74, 6) is -0.733. The van der Waals surface area contributed by atoms with Crippen molar-refractivity contribution in [2.75, 3.05) is 6.54 Å². The van der Waals surface area contributed by atoms with Crippen molar-refractivity contribution < 1.29 is 12.8 Å². The third-order valence-electron chi connectivity index (χ3n) is 4.18. The zero-order chi connectivity index (χ0) is 15.3. The van der Waals surface area contributed by atoms with Gasteiger partial charge in [-0.05, 0) is 25.0 Å². The number of hydrogen-bond acceptors (Lipinski definition) is 3. The first-order valence-electron chi connectivity index (χ1n) is 7.48. The Balaban J connectivity index is 2.25. The zero-order valence-electron chi connectivity index (χ0n) is 12.1. The molecule has 0 bridgehead atoms. The van der Waals surface area contributed by atoms with E-state index in [4.69, 9.17) is 5.73 Å². The lowest BCUT2D eigenvalue weighted by Crippen LogP contribution is -2.53. The van der Waals surface area contributed by atoms with Crippen molar-refractivity contribution >= 4 is 10.0 Å². The van der Waals surface area contributed by atoms with E-state index in [1.54, 1.807) is 0 Å². The van der Waals surface area contributed by atoms with Crippen LogP contribution in [0.2, 0.25) is 0 Å². The van der Waals surface area contributed by atoms with Crippen molar-refractivity contribution in [3.63, 3.8) is 0 Å². The van der Waals surface area contributed by atoms with Gasteiger partial charge in [0, 0.05) is 12.1 Å². The van der Waals surface area contributed by atoms with E-state index in [2.05, 4.69) is 4.72 Å². The van der Waals surface area contributed by atoms with Gasteiger partial charge in [0.05, 0.1) is 0 Å². The third-order valence-corrected chi connectivity index (χ3v) is 5.79. The van der Waals surface area contributed by atoms with E-state index in [-0.39, 0.29) is 11.4 Å². The molecule has 1 aliphatic carbocycles. The van der Waals surface area contributed by atoms with E-state index in [9.17, 15) is 12.8 Å². The van der Waals surface area contributed by atoms with Crippen LogP contribution in [0.5, 0.6) is 0 Å². The molecule has 0 amide bonds. The molecule has 4 nitrogen and oxygen atoms in total. The van der Waals surface area contributed by atoms with Crippen LogP contribution in [0.15, 0.2) is 29.2 Å². The highest BCUT2D eigenvalue weighted by atomic mass is 32.2. The highest BCUT2D eigenvalue weighted by Crippen LogP contribution is 2.28. The van der Waals surface area contributed by atoms with Crippen LogP contribution in [0.1, 0.15) is 44.9 Å². The van der Waals surface area contributed by atoms with E-state index < -0.39 is 21.4 Å². The molecule has 21 heavy (non-hydrogen) atoms. The maximum absolute atomic E-state index is 13.8. The van der Waals surface area contributed by atoms with Gasteiger partial charge in [-0.2, -0.15) is 0 Å². The molecule has 1 aliphatic rings. The molecule has 118 valence electrons. The van der Waals surface area contributed by atoms with Gasteiger partial charge in [0.25, 0.3) is 0 Å². The molecule has 1 fully saturated rings. The van der Waals surface area contributed by atoms with Gasteiger partial charge >= 0.3 is 0 Å². The number of sulfonamides is 1. The third kappa shape index (κ3) is 4.02. The minimum Gasteiger partial charge on any atom is -0.329 e. The normalized spacial score (nSPS) is 19.7. The van der Waals surface area contributed by atoms with Crippen LogP contribution in [0.3, 0.4) is 0 Å². The monoisotopic (exact) mass is 314 g/mol. The Morgan fingerprint density at radius 2 is 1.67 bits per heavy atom. The Morgan fingerprint density at radius 3 is 2.24 bits per heavy atom. The summed E-state index contributed by atoms with van der Waals surface area (Å²) in [5.41, 5.74) is 5.21. The molecular formula is C15H23FN2O2S. The summed E-state index contributed by atoms with van der Waals surface area (Å²) in [4.78, 5) is -0.306. The van der Waals surface area contributed by atoms with Gasteiger partial charge in [-0.3, -0.25) is 0 Å². The van der Waals surface area contributed by atoms with Gasteiger partial charge in [0.1, 0.15) is 10.7 Å². The number of rotatable bonds is 4. The second-order valence-electron chi connectivity index (χ2n) is 5.79. The van der Waals surface area contributed by atoms with Crippen LogP contribution < -0.4 is 10.5 Å². The van der Waals surface area contributed by atoms with Gasteiger partial charge in [-0.25, -0.2) is 17.5 Å². The molecular weight excluding hydrogens is 291 g/mol. The average Bonchev–Trinajstić information content (AvgIpc) is 2.42. The zero-order valence-corrected chi connectivity index (χ0v) is 13.0. The summed E-state index contributed by atoms with van der Waals surface area (Å²) in [7, 11) is -3.89. The van der Waals surface area contributed by atoms with Crippen molar-refractivity contribution in [3.8, 4) is 0 Å². The summed E-state index contributed by atoms with van der Waals surface area (Å²) >= 11 is 0. The standard InChI is InChI=1S/C15H23FN2O2S/c16-13-8-4-5-9-14(13)21(19,20)18-15(12-17)10-6-2-1-3-7-11-15/h4-5,8-9,18H,1-3,6-7,10-12,17H2. The first-order chi connectivity index (χ1) is 9.99. The van der Waals surface area contributed by atoms with Crippen LogP contribution in [-0.2, 0) is 10.0 Å². The van der Waals surface area contributed by atoms with Gasteiger partial charge in [-0.15, -0.1) is 0 Å². The number of benzene rings is 1. The average molecular weight is 314 g/mol. The van der Waals surface area contributed by atoms with E-state index in [1.807, 2.05) is 0 Å². The van der Waals surface area contributed by atoms with Crippen molar-refractivity contribution in [3.05, 3.63) is 30.1 Å². The first-order valence-corrected chi connectivity index (χ1v) is 8.96. The number of nitrogens with one attached hydrogen (secondary N) is 1. The second-order valence-corrected chi connectivity index (χ2v) is 7.44. The lowest BCUT2D eigenvalue weighted by molar-refractivity contribution is 0.295. The molecule has 1 aromatic rings. The molecule has 6 heteroatoms. The van der Waals surface area contributed by atoms with Crippen molar-refractivity contribution in [1.29, 1.82) is 0 Å². The Bertz CT molecular complexity index is 567. The highest BCUT2D eigenvalue weighted by Gasteiger charge is 2.34. The van der Waals surface area contributed by atoms with E-state index in [0.717, 1.165) is 31.7 Å². The number of hydrogen-bond donors (Lipinski definition) is 2. The fourth-order valence-electron chi connectivity index (χ4n) is 2.93. The highest BCUT2D eigenvalue weighted by molar-refractivity contribution is 7.89. The van der Waals surface area contributed by atoms with Crippen LogP contribution in [0.4, 0.5) is 4.39 Å². The predicted molar refractivity (Wildman–Crippen MR) is 80.8 cm³/mol. The topological polar surface area (TPSA) is 72.2 Å². The fourth-order valence-corrected chi connectivity index (χ4v) is 4.48. The molecule has 0 aliphatic heterocycles. The summed E-state index contributed by atoms with van der Waals surface area (Å²) in [6, 6.07) is 5.43. The molecule has 0 radical (unpaired) electrons. The Labute approximate surface area is 126 Å². The summed E-state index contributed by atoms with van der Waals surface area (Å²) in [6.07, 6.45) is 6.65. The van der Waals surface area contributed by atoms with Gasteiger partial charge < -0.3 is 5.73 Å². The fraction of sp³-hybridized carbons (Fsp3) is 0.600. The van der Waals surface area contributed by atoms with Gasteiger partial charge in [0.15, 0.2) is 0 Å². The molecule has 0 atom stereocenters. The maximum atomic E-state index is 13.8. The first kappa shape index (κ1) is 16.4. The summed E-state index contributed by atoms with van der Waals surface area (Å²) < 4.78 is 41.4. The van der Waals surface area contributed by atoms with E-state index in [1.165, 1.54) is 24.6 Å². The van der Waals surface area contributed by atoms with E-state index >= 15 is 0 Å². The molecule has 2 rings (SSSR count). The van der Waals surface area contributed by atoms with Crippen LogP contribution in [-0.4, -0.2) is 20.5 Å². The van der Waals surface area contributed by atoms with Crippen LogP contribution in [0.25, 0.3) is 0 Å².